The highest BCUT2D eigenvalue weighted by molar-refractivity contribution is 5.78. The van der Waals surface area contributed by atoms with Gasteiger partial charge in [0.25, 0.3) is 0 Å². The summed E-state index contributed by atoms with van der Waals surface area (Å²) in [6.45, 7) is 1.67. The van der Waals surface area contributed by atoms with Gasteiger partial charge in [-0.05, 0) is 41.2 Å². The molecule has 18 heavy (non-hydrogen) atoms. The largest absolute Gasteiger partial charge is 0.374 e. The van der Waals surface area contributed by atoms with Crippen LogP contribution in [0.25, 0.3) is 11.1 Å². The van der Waals surface area contributed by atoms with Crippen molar-refractivity contribution in [2.75, 3.05) is 0 Å². The van der Waals surface area contributed by atoms with Gasteiger partial charge in [-0.3, -0.25) is 0 Å². The van der Waals surface area contributed by atoms with Crippen molar-refractivity contribution in [1.82, 2.24) is 0 Å². The topological polar surface area (TPSA) is 20.2 Å². The molecule has 1 heteroatoms. The minimum Gasteiger partial charge on any atom is -0.374 e. The standard InChI is InChI=1S/C17H14O/c1-3-17(2,18)16-10-6-9-14-13-8-5-4-7-12(13)11-15(14)16/h1,4-10,18H,11H2,2H3. The maximum Gasteiger partial charge on any atom is 0.148 e. The van der Waals surface area contributed by atoms with Crippen molar-refractivity contribution in [3.05, 3.63) is 59.2 Å². The first-order chi connectivity index (χ1) is 8.63. The maximum absolute atomic E-state index is 10.3. The van der Waals surface area contributed by atoms with Gasteiger partial charge in [0.2, 0.25) is 0 Å². The Kier molecular flexibility index (Phi) is 2.29. The Balaban J connectivity index is 2.24. The van der Waals surface area contributed by atoms with E-state index in [2.05, 4.69) is 24.1 Å². The van der Waals surface area contributed by atoms with Gasteiger partial charge in [-0.15, -0.1) is 6.42 Å². The lowest BCUT2D eigenvalue weighted by molar-refractivity contribution is 0.121. The van der Waals surface area contributed by atoms with E-state index in [-0.39, 0.29) is 0 Å². The Morgan fingerprint density at radius 1 is 1.11 bits per heavy atom. The molecule has 0 aromatic heterocycles. The summed E-state index contributed by atoms with van der Waals surface area (Å²) in [4.78, 5) is 0. The lowest BCUT2D eigenvalue weighted by Gasteiger charge is -2.20. The molecular formula is C17H14O. The minimum atomic E-state index is -1.20. The molecule has 0 saturated carbocycles. The van der Waals surface area contributed by atoms with Gasteiger partial charge in [0, 0.05) is 0 Å². The summed E-state index contributed by atoms with van der Waals surface area (Å²) >= 11 is 0. The zero-order chi connectivity index (χ0) is 12.8. The van der Waals surface area contributed by atoms with Crippen molar-refractivity contribution in [1.29, 1.82) is 0 Å². The zero-order valence-electron chi connectivity index (χ0n) is 10.3. The van der Waals surface area contributed by atoms with Crippen LogP contribution in [0.3, 0.4) is 0 Å². The van der Waals surface area contributed by atoms with Crippen LogP contribution in [-0.4, -0.2) is 5.11 Å². The molecule has 1 aliphatic carbocycles. The van der Waals surface area contributed by atoms with Gasteiger partial charge in [0.15, 0.2) is 0 Å². The van der Waals surface area contributed by atoms with Crippen LogP contribution in [0.5, 0.6) is 0 Å². The van der Waals surface area contributed by atoms with Gasteiger partial charge in [0.05, 0.1) is 0 Å². The van der Waals surface area contributed by atoms with E-state index in [1.807, 2.05) is 24.3 Å². The van der Waals surface area contributed by atoms with E-state index in [9.17, 15) is 5.11 Å². The Morgan fingerprint density at radius 2 is 1.83 bits per heavy atom. The Bertz CT molecular complexity index is 660. The average Bonchev–Trinajstić information content (AvgIpc) is 2.77. The maximum atomic E-state index is 10.3. The van der Waals surface area contributed by atoms with Crippen molar-refractivity contribution >= 4 is 0 Å². The van der Waals surface area contributed by atoms with Gasteiger partial charge < -0.3 is 5.11 Å². The summed E-state index contributed by atoms with van der Waals surface area (Å²) in [5.74, 6) is 2.47. The molecule has 0 fully saturated rings. The van der Waals surface area contributed by atoms with Crippen LogP contribution >= 0.6 is 0 Å². The van der Waals surface area contributed by atoms with Crippen LogP contribution in [0.15, 0.2) is 42.5 Å². The first-order valence-electron chi connectivity index (χ1n) is 6.04. The van der Waals surface area contributed by atoms with Gasteiger partial charge in [-0.25, -0.2) is 0 Å². The lowest BCUT2D eigenvalue weighted by atomic mass is 9.89. The summed E-state index contributed by atoms with van der Waals surface area (Å²) in [5.41, 5.74) is 4.54. The van der Waals surface area contributed by atoms with Crippen LogP contribution in [0, 0.1) is 12.3 Å². The van der Waals surface area contributed by atoms with Crippen molar-refractivity contribution < 1.29 is 5.11 Å². The normalized spacial score (nSPS) is 15.4. The Labute approximate surface area is 107 Å². The quantitative estimate of drug-likeness (QED) is 0.641. The molecule has 1 atom stereocenters. The third-order valence-electron chi connectivity index (χ3n) is 3.66. The van der Waals surface area contributed by atoms with E-state index in [1.165, 1.54) is 16.7 Å². The second kappa shape index (κ2) is 3.73. The molecule has 3 rings (SSSR count). The van der Waals surface area contributed by atoms with Crippen LogP contribution in [-0.2, 0) is 12.0 Å². The number of benzene rings is 2. The SMILES string of the molecule is C#CC(C)(O)c1cccc2c1Cc1ccccc1-2. The smallest absolute Gasteiger partial charge is 0.148 e. The third-order valence-corrected chi connectivity index (χ3v) is 3.66. The van der Waals surface area contributed by atoms with E-state index >= 15 is 0 Å². The fraction of sp³-hybridized carbons (Fsp3) is 0.176. The predicted molar refractivity (Wildman–Crippen MR) is 73.1 cm³/mol. The second-order valence-electron chi connectivity index (χ2n) is 4.88. The van der Waals surface area contributed by atoms with Crippen molar-refractivity contribution in [3.8, 4) is 23.5 Å². The predicted octanol–water partition coefficient (Wildman–Crippen LogP) is 3.10. The number of hydrogen-bond donors (Lipinski definition) is 1. The molecular weight excluding hydrogens is 220 g/mol. The summed E-state index contributed by atoms with van der Waals surface area (Å²) in [7, 11) is 0. The molecule has 1 aliphatic rings. The van der Waals surface area contributed by atoms with E-state index in [1.54, 1.807) is 6.92 Å². The summed E-state index contributed by atoms with van der Waals surface area (Å²) in [6, 6.07) is 14.3. The third kappa shape index (κ3) is 1.47. The molecule has 2 aromatic carbocycles. The fourth-order valence-electron chi connectivity index (χ4n) is 2.69. The molecule has 0 heterocycles. The molecule has 1 unspecified atom stereocenters. The monoisotopic (exact) mass is 234 g/mol. The van der Waals surface area contributed by atoms with Crippen LogP contribution in [0.1, 0.15) is 23.6 Å². The summed E-state index contributed by atoms with van der Waals surface area (Å²) < 4.78 is 0. The van der Waals surface area contributed by atoms with Crippen molar-refractivity contribution in [3.63, 3.8) is 0 Å². The minimum absolute atomic E-state index is 0.846. The zero-order valence-corrected chi connectivity index (χ0v) is 10.3. The molecule has 0 saturated heterocycles. The van der Waals surface area contributed by atoms with E-state index in [0.717, 1.165) is 17.5 Å². The highest BCUT2D eigenvalue weighted by Crippen LogP contribution is 2.40. The summed E-state index contributed by atoms with van der Waals surface area (Å²) in [6.07, 6.45) is 6.28. The first-order valence-corrected chi connectivity index (χ1v) is 6.04. The van der Waals surface area contributed by atoms with Crippen LogP contribution in [0.4, 0.5) is 0 Å². The number of fused-ring (bicyclic) bond motifs is 3. The molecule has 2 aromatic rings. The van der Waals surface area contributed by atoms with Gasteiger partial charge in [-0.1, -0.05) is 48.4 Å². The average molecular weight is 234 g/mol. The highest BCUT2D eigenvalue weighted by Gasteiger charge is 2.28. The van der Waals surface area contributed by atoms with Gasteiger partial charge in [-0.2, -0.15) is 0 Å². The number of hydrogen-bond acceptors (Lipinski definition) is 1. The summed E-state index contributed by atoms with van der Waals surface area (Å²) in [5, 5.41) is 10.3. The molecule has 1 nitrogen and oxygen atoms in total. The van der Waals surface area contributed by atoms with Gasteiger partial charge >= 0.3 is 0 Å². The second-order valence-corrected chi connectivity index (χ2v) is 4.88. The van der Waals surface area contributed by atoms with E-state index in [4.69, 9.17) is 6.42 Å². The molecule has 0 amide bonds. The van der Waals surface area contributed by atoms with Gasteiger partial charge in [0.1, 0.15) is 5.60 Å². The van der Waals surface area contributed by atoms with E-state index < -0.39 is 5.60 Å². The Morgan fingerprint density at radius 3 is 2.61 bits per heavy atom. The molecule has 0 bridgehead atoms. The van der Waals surface area contributed by atoms with E-state index in [0.29, 0.717) is 0 Å². The van der Waals surface area contributed by atoms with Crippen LogP contribution in [0.2, 0.25) is 0 Å². The lowest BCUT2D eigenvalue weighted by Crippen LogP contribution is -2.20. The Hall–Kier alpha value is -2.04. The molecule has 0 radical (unpaired) electrons. The molecule has 0 spiro atoms. The number of terminal acetylenes is 1. The highest BCUT2D eigenvalue weighted by atomic mass is 16.3. The van der Waals surface area contributed by atoms with Crippen molar-refractivity contribution in [2.45, 2.75) is 18.9 Å². The number of aliphatic hydroxyl groups is 1. The number of rotatable bonds is 1. The molecule has 1 N–H and O–H groups in total. The first kappa shape index (κ1) is 11.1. The van der Waals surface area contributed by atoms with Crippen LogP contribution < -0.4 is 0 Å². The van der Waals surface area contributed by atoms with Crippen molar-refractivity contribution in [2.24, 2.45) is 0 Å². The molecule has 0 aliphatic heterocycles. The molecule has 88 valence electrons. The fourth-order valence-corrected chi connectivity index (χ4v) is 2.69.